The van der Waals surface area contributed by atoms with Crippen molar-refractivity contribution in [1.82, 2.24) is 15.1 Å². The maximum atomic E-state index is 9.55. The molecule has 0 bridgehead atoms. The van der Waals surface area contributed by atoms with Gasteiger partial charge in [-0.2, -0.15) is 11.8 Å². The molecule has 0 amide bonds. The van der Waals surface area contributed by atoms with Crippen molar-refractivity contribution in [3.63, 3.8) is 0 Å². The highest BCUT2D eigenvalue weighted by molar-refractivity contribution is 8.00. The van der Waals surface area contributed by atoms with Crippen LogP contribution in [0.15, 0.2) is 4.99 Å². The third kappa shape index (κ3) is 6.51. The number of hydrogen-bond acceptors (Lipinski definition) is 4. The molecule has 0 aromatic carbocycles. The number of aliphatic hydroxyl groups excluding tert-OH is 1. The Morgan fingerprint density at radius 1 is 1.30 bits per heavy atom. The Labute approximate surface area is 145 Å². The van der Waals surface area contributed by atoms with Gasteiger partial charge in [0.15, 0.2) is 5.96 Å². The van der Waals surface area contributed by atoms with Gasteiger partial charge in [-0.1, -0.05) is 0 Å². The van der Waals surface area contributed by atoms with Crippen LogP contribution in [0.25, 0.3) is 0 Å². The Hall–Kier alpha value is -0.460. The zero-order valence-corrected chi connectivity index (χ0v) is 15.9. The summed E-state index contributed by atoms with van der Waals surface area (Å²) in [7, 11) is 0. The summed E-state index contributed by atoms with van der Waals surface area (Å²) in [5.74, 6) is 2.25. The topological polar surface area (TPSA) is 51.1 Å². The maximum absolute atomic E-state index is 9.55. The van der Waals surface area contributed by atoms with Gasteiger partial charge in [0, 0.05) is 49.8 Å². The largest absolute Gasteiger partial charge is 0.393 e. The van der Waals surface area contributed by atoms with Crippen LogP contribution in [-0.2, 0) is 0 Å². The molecule has 0 aromatic heterocycles. The zero-order valence-electron chi connectivity index (χ0n) is 15.1. The summed E-state index contributed by atoms with van der Waals surface area (Å²) in [6.45, 7) is 13.9. The highest BCUT2D eigenvalue weighted by atomic mass is 32.2. The molecular formula is C17H34N4OS. The van der Waals surface area contributed by atoms with Crippen molar-refractivity contribution in [3.8, 4) is 0 Å². The fourth-order valence-corrected chi connectivity index (χ4v) is 4.36. The number of thioether (sulfide) groups is 1. The third-order valence-electron chi connectivity index (χ3n) is 4.51. The van der Waals surface area contributed by atoms with E-state index in [0.29, 0.717) is 4.75 Å². The van der Waals surface area contributed by atoms with E-state index in [1.54, 1.807) is 0 Å². The van der Waals surface area contributed by atoms with Crippen molar-refractivity contribution >= 4 is 17.7 Å². The molecule has 2 fully saturated rings. The SMILES string of the molecule is CCNC(=NCCCN1CCC(O)CC1)N1CCSC(C)(C)C1. The molecule has 0 aromatic rings. The quantitative estimate of drug-likeness (QED) is 0.452. The molecule has 0 radical (unpaired) electrons. The molecule has 2 N–H and O–H groups in total. The van der Waals surface area contributed by atoms with Crippen molar-refractivity contribution in [2.24, 2.45) is 4.99 Å². The van der Waals surface area contributed by atoms with Crippen molar-refractivity contribution in [3.05, 3.63) is 0 Å². The van der Waals surface area contributed by atoms with Crippen molar-refractivity contribution in [2.75, 3.05) is 51.6 Å². The summed E-state index contributed by atoms with van der Waals surface area (Å²) in [6, 6.07) is 0. The molecule has 2 rings (SSSR count). The van der Waals surface area contributed by atoms with Gasteiger partial charge in [0.25, 0.3) is 0 Å². The summed E-state index contributed by atoms with van der Waals surface area (Å²) in [4.78, 5) is 9.72. The van der Waals surface area contributed by atoms with Crippen molar-refractivity contribution in [1.29, 1.82) is 0 Å². The van der Waals surface area contributed by atoms with Crippen LogP contribution in [-0.4, -0.2) is 83.3 Å². The molecule has 2 aliphatic rings. The molecule has 0 atom stereocenters. The number of guanidine groups is 1. The van der Waals surface area contributed by atoms with Gasteiger partial charge in [-0.3, -0.25) is 4.99 Å². The minimum Gasteiger partial charge on any atom is -0.393 e. The van der Waals surface area contributed by atoms with Crippen LogP contribution >= 0.6 is 11.8 Å². The first-order chi connectivity index (χ1) is 11.0. The van der Waals surface area contributed by atoms with Crippen LogP contribution < -0.4 is 5.32 Å². The van der Waals surface area contributed by atoms with E-state index in [4.69, 9.17) is 4.99 Å². The predicted molar refractivity (Wildman–Crippen MR) is 100 cm³/mol. The lowest BCUT2D eigenvalue weighted by molar-refractivity contribution is 0.0824. The number of likely N-dealkylation sites (tertiary alicyclic amines) is 1. The second kappa shape index (κ2) is 9.14. The van der Waals surface area contributed by atoms with E-state index in [-0.39, 0.29) is 6.10 Å². The molecule has 0 aliphatic carbocycles. The lowest BCUT2D eigenvalue weighted by Crippen LogP contribution is -2.51. The van der Waals surface area contributed by atoms with E-state index >= 15 is 0 Å². The van der Waals surface area contributed by atoms with E-state index in [1.807, 2.05) is 0 Å². The van der Waals surface area contributed by atoms with Gasteiger partial charge in [0.1, 0.15) is 0 Å². The summed E-state index contributed by atoms with van der Waals surface area (Å²) >= 11 is 2.06. The Morgan fingerprint density at radius 2 is 2.04 bits per heavy atom. The van der Waals surface area contributed by atoms with Crippen LogP contribution in [0.5, 0.6) is 0 Å². The lowest BCUT2D eigenvalue weighted by atomic mass is 10.1. The molecule has 0 saturated carbocycles. The second-order valence-corrected chi connectivity index (χ2v) is 8.99. The third-order valence-corrected chi connectivity index (χ3v) is 5.81. The maximum Gasteiger partial charge on any atom is 0.193 e. The smallest absolute Gasteiger partial charge is 0.193 e. The standard InChI is InChI=1S/C17H34N4OS/c1-4-18-16(21-12-13-23-17(2,3)14-21)19-8-5-9-20-10-6-15(22)7-11-20/h15,22H,4-14H2,1-3H3,(H,18,19). The molecule has 0 spiro atoms. The summed E-state index contributed by atoms with van der Waals surface area (Å²) in [5.41, 5.74) is 0. The number of hydrogen-bond donors (Lipinski definition) is 2. The lowest BCUT2D eigenvalue weighted by Gasteiger charge is -2.39. The van der Waals surface area contributed by atoms with Crippen molar-refractivity contribution in [2.45, 2.75) is 50.9 Å². The molecule has 2 saturated heterocycles. The average molecular weight is 343 g/mol. The highest BCUT2D eigenvalue weighted by Crippen LogP contribution is 2.29. The Morgan fingerprint density at radius 3 is 2.70 bits per heavy atom. The molecule has 23 heavy (non-hydrogen) atoms. The first-order valence-corrected chi connectivity index (χ1v) is 10.1. The molecular weight excluding hydrogens is 308 g/mol. The predicted octanol–water partition coefficient (Wildman–Crippen LogP) is 1.63. The van der Waals surface area contributed by atoms with Crippen LogP contribution in [0.2, 0.25) is 0 Å². The number of aliphatic imine (C=N–C) groups is 1. The van der Waals surface area contributed by atoms with E-state index in [2.05, 4.69) is 47.6 Å². The van der Waals surface area contributed by atoms with Gasteiger partial charge in [-0.25, -0.2) is 0 Å². The van der Waals surface area contributed by atoms with E-state index in [9.17, 15) is 5.11 Å². The summed E-state index contributed by atoms with van der Waals surface area (Å²) in [5, 5.41) is 13.0. The van der Waals surface area contributed by atoms with Gasteiger partial charge >= 0.3 is 0 Å². The minimum atomic E-state index is -0.0787. The van der Waals surface area contributed by atoms with Gasteiger partial charge in [-0.15, -0.1) is 0 Å². The van der Waals surface area contributed by atoms with Gasteiger partial charge in [0.05, 0.1) is 6.10 Å². The number of nitrogens with zero attached hydrogens (tertiary/aromatic N) is 3. The molecule has 2 heterocycles. The first-order valence-electron chi connectivity index (χ1n) is 9.08. The Balaban J connectivity index is 1.77. The Bertz CT molecular complexity index is 381. The monoisotopic (exact) mass is 342 g/mol. The normalized spacial score (nSPS) is 24.0. The van der Waals surface area contributed by atoms with E-state index in [0.717, 1.165) is 71.0 Å². The van der Waals surface area contributed by atoms with Crippen LogP contribution in [0.3, 0.4) is 0 Å². The number of nitrogens with one attached hydrogen (secondary N) is 1. The molecule has 6 heteroatoms. The van der Waals surface area contributed by atoms with Crippen molar-refractivity contribution < 1.29 is 5.11 Å². The van der Waals surface area contributed by atoms with Crippen LogP contribution in [0.4, 0.5) is 0 Å². The van der Waals surface area contributed by atoms with Crippen LogP contribution in [0.1, 0.15) is 40.0 Å². The van der Waals surface area contributed by atoms with Crippen LogP contribution in [0, 0.1) is 0 Å². The Kier molecular flexibility index (Phi) is 7.50. The molecule has 0 unspecified atom stereocenters. The molecule has 2 aliphatic heterocycles. The van der Waals surface area contributed by atoms with E-state index < -0.39 is 0 Å². The average Bonchev–Trinajstić information content (AvgIpc) is 2.51. The number of aliphatic hydroxyl groups is 1. The van der Waals surface area contributed by atoms with Gasteiger partial charge in [0.2, 0.25) is 0 Å². The van der Waals surface area contributed by atoms with E-state index in [1.165, 1.54) is 5.75 Å². The summed E-state index contributed by atoms with van der Waals surface area (Å²) in [6.07, 6.45) is 2.86. The molecule has 5 nitrogen and oxygen atoms in total. The fourth-order valence-electron chi connectivity index (χ4n) is 3.25. The number of rotatable bonds is 5. The number of piperidine rings is 1. The minimum absolute atomic E-state index is 0.0787. The second-order valence-electron chi connectivity index (χ2n) is 7.19. The molecule has 134 valence electrons. The zero-order chi connectivity index (χ0) is 16.7. The van der Waals surface area contributed by atoms with Gasteiger partial charge in [-0.05, 0) is 46.6 Å². The van der Waals surface area contributed by atoms with Gasteiger partial charge < -0.3 is 20.2 Å². The summed E-state index contributed by atoms with van der Waals surface area (Å²) < 4.78 is 0.309. The fraction of sp³-hybridized carbons (Fsp3) is 0.941. The highest BCUT2D eigenvalue weighted by Gasteiger charge is 2.28. The first kappa shape index (κ1) is 18.9.